The van der Waals surface area contributed by atoms with Gasteiger partial charge in [0, 0.05) is 20.5 Å². The monoisotopic (exact) mass is 576 g/mol. The third kappa shape index (κ3) is 6.87. The van der Waals surface area contributed by atoms with Gasteiger partial charge in [-0.25, -0.2) is 4.79 Å². The zero-order valence-corrected chi connectivity index (χ0v) is 23.5. The second-order valence-electron chi connectivity index (χ2n) is 8.72. The van der Waals surface area contributed by atoms with Crippen LogP contribution in [0.15, 0.2) is 47.4 Å². The highest BCUT2D eigenvalue weighted by Gasteiger charge is 2.29. The fourth-order valence-corrected chi connectivity index (χ4v) is 6.77. The van der Waals surface area contributed by atoms with Gasteiger partial charge in [-0.05, 0) is 74.1 Å². The largest absolute Gasteiger partial charge is 0.462 e. The molecule has 194 valence electrons. The number of carbonyl (C=O) groups is 3. The van der Waals surface area contributed by atoms with Crippen LogP contribution in [0.5, 0.6) is 0 Å². The summed E-state index contributed by atoms with van der Waals surface area (Å²) in [4.78, 5) is 40.1. The third-order valence-corrected chi connectivity index (χ3v) is 8.59. The van der Waals surface area contributed by atoms with Crippen LogP contribution < -0.4 is 10.6 Å². The van der Waals surface area contributed by atoms with E-state index in [1.165, 1.54) is 29.2 Å². The van der Waals surface area contributed by atoms with Crippen LogP contribution in [-0.4, -0.2) is 30.1 Å². The van der Waals surface area contributed by atoms with Gasteiger partial charge in [-0.2, -0.15) is 0 Å². The van der Waals surface area contributed by atoms with E-state index in [0.29, 0.717) is 32.8 Å². The molecule has 1 atom stereocenters. The summed E-state index contributed by atoms with van der Waals surface area (Å²) in [6, 6.07) is 11.9. The minimum Gasteiger partial charge on any atom is -0.462 e. The summed E-state index contributed by atoms with van der Waals surface area (Å²) in [5.41, 5.74) is 2.39. The van der Waals surface area contributed by atoms with Crippen LogP contribution in [0.2, 0.25) is 10.0 Å². The van der Waals surface area contributed by atoms with Gasteiger partial charge < -0.3 is 15.4 Å². The molecule has 1 heterocycles. The average Bonchev–Trinajstić information content (AvgIpc) is 3.19. The molecule has 6 nitrogen and oxygen atoms in total. The van der Waals surface area contributed by atoms with E-state index in [9.17, 15) is 14.4 Å². The van der Waals surface area contributed by atoms with Crippen LogP contribution in [0.4, 0.5) is 10.7 Å². The molecule has 0 saturated heterocycles. The molecule has 2 N–H and O–H groups in total. The number of benzene rings is 2. The summed E-state index contributed by atoms with van der Waals surface area (Å²) in [6.07, 6.45) is 2.72. The van der Waals surface area contributed by atoms with Crippen molar-refractivity contribution < 1.29 is 19.1 Å². The van der Waals surface area contributed by atoms with Crippen molar-refractivity contribution in [2.45, 2.75) is 38.0 Å². The van der Waals surface area contributed by atoms with Gasteiger partial charge in [-0.1, -0.05) is 36.2 Å². The van der Waals surface area contributed by atoms with Crippen molar-refractivity contribution >= 4 is 74.8 Å². The molecule has 0 spiro atoms. The van der Waals surface area contributed by atoms with Crippen LogP contribution in [0.1, 0.15) is 51.4 Å². The third-order valence-electron chi connectivity index (χ3n) is 5.88. The summed E-state index contributed by atoms with van der Waals surface area (Å²) in [6.45, 7) is 4.25. The molecule has 0 radical (unpaired) electrons. The van der Waals surface area contributed by atoms with Crippen molar-refractivity contribution in [1.29, 1.82) is 0 Å². The Morgan fingerprint density at radius 2 is 1.95 bits per heavy atom. The molecule has 1 unspecified atom stereocenters. The number of ether oxygens (including phenoxy) is 1. The lowest BCUT2D eigenvalue weighted by Gasteiger charge is -2.18. The highest BCUT2D eigenvalue weighted by molar-refractivity contribution is 8.00. The average molecular weight is 578 g/mol. The number of carbonyl (C=O) groups excluding carboxylic acids is 3. The molecule has 3 aromatic rings. The number of halogens is 2. The van der Waals surface area contributed by atoms with Crippen LogP contribution >= 0.6 is 46.3 Å². The second kappa shape index (κ2) is 12.3. The molecule has 2 amide bonds. The van der Waals surface area contributed by atoms with Gasteiger partial charge in [-0.3, -0.25) is 9.59 Å². The van der Waals surface area contributed by atoms with E-state index < -0.39 is 0 Å². The van der Waals surface area contributed by atoms with E-state index in [4.69, 9.17) is 27.9 Å². The zero-order chi connectivity index (χ0) is 26.5. The zero-order valence-electron chi connectivity index (χ0n) is 20.4. The number of esters is 1. The van der Waals surface area contributed by atoms with Gasteiger partial charge in [0.05, 0.1) is 28.5 Å². The second-order valence-corrected chi connectivity index (χ2v) is 11.7. The van der Waals surface area contributed by atoms with Crippen LogP contribution in [0.3, 0.4) is 0 Å². The summed E-state index contributed by atoms with van der Waals surface area (Å²) in [5, 5.41) is 7.02. The Hall–Kier alpha value is -2.52. The first-order valence-electron chi connectivity index (χ1n) is 11.9. The van der Waals surface area contributed by atoms with Crippen molar-refractivity contribution in [2.75, 3.05) is 23.0 Å². The van der Waals surface area contributed by atoms with Crippen LogP contribution in [0.25, 0.3) is 0 Å². The van der Waals surface area contributed by atoms with E-state index in [1.54, 1.807) is 37.3 Å². The maximum atomic E-state index is 12.8. The Morgan fingerprint density at radius 3 is 2.70 bits per heavy atom. The Labute approximate surface area is 234 Å². The first kappa shape index (κ1) is 27.5. The van der Waals surface area contributed by atoms with E-state index >= 15 is 0 Å². The molecule has 4 rings (SSSR count). The van der Waals surface area contributed by atoms with Gasteiger partial charge >= 0.3 is 5.97 Å². The molecule has 0 bridgehead atoms. The van der Waals surface area contributed by atoms with Crippen LogP contribution in [0, 0.1) is 5.92 Å². The van der Waals surface area contributed by atoms with Crippen molar-refractivity contribution in [3.8, 4) is 0 Å². The molecule has 0 aliphatic heterocycles. The number of thioether (sulfide) groups is 1. The number of amides is 2. The van der Waals surface area contributed by atoms with Gasteiger partial charge in [-0.15, -0.1) is 23.1 Å². The quantitative estimate of drug-likeness (QED) is 0.216. The molecular formula is C27H26Cl2N2O4S2. The Kier molecular flexibility index (Phi) is 9.18. The maximum Gasteiger partial charge on any atom is 0.341 e. The minimum atomic E-state index is -0.387. The lowest BCUT2D eigenvalue weighted by molar-refractivity contribution is -0.113. The van der Waals surface area contributed by atoms with Crippen LogP contribution in [-0.2, 0) is 22.4 Å². The standard InChI is InChI=1S/C27H26Cl2N2O4S2/c1-3-35-27(34)24-20-9-7-15(2)11-22(20)37-26(24)31-23(32)14-36-18-6-4-5-17(13-18)30-25(33)19-10-8-16(28)12-21(19)29/h4-6,8,10,12-13,15H,3,7,9,11,14H2,1-2H3,(H,30,33)(H,31,32). The Bertz CT molecular complexity index is 1340. The number of nitrogens with one attached hydrogen (secondary N) is 2. The molecule has 2 aromatic carbocycles. The predicted molar refractivity (Wildman–Crippen MR) is 152 cm³/mol. The number of thiophene rings is 1. The van der Waals surface area contributed by atoms with E-state index in [1.807, 2.05) is 6.07 Å². The number of fused-ring (bicyclic) bond motifs is 1. The lowest BCUT2D eigenvalue weighted by atomic mass is 9.88. The summed E-state index contributed by atoms with van der Waals surface area (Å²) in [5.74, 6) is -0.277. The first-order valence-corrected chi connectivity index (χ1v) is 14.4. The normalized spacial score (nSPS) is 14.5. The van der Waals surface area contributed by atoms with Gasteiger partial charge in [0.1, 0.15) is 5.00 Å². The van der Waals surface area contributed by atoms with E-state index in [0.717, 1.165) is 34.6 Å². The van der Waals surface area contributed by atoms with E-state index in [-0.39, 0.29) is 35.2 Å². The summed E-state index contributed by atoms with van der Waals surface area (Å²) < 4.78 is 5.28. The van der Waals surface area contributed by atoms with Crippen molar-refractivity contribution in [2.24, 2.45) is 5.92 Å². The SMILES string of the molecule is CCOC(=O)c1c(NC(=O)CSc2cccc(NC(=O)c3ccc(Cl)cc3Cl)c2)sc2c1CCC(C)C2. The predicted octanol–water partition coefficient (Wildman–Crippen LogP) is 7.34. The van der Waals surface area contributed by atoms with Gasteiger partial charge in [0.25, 0.3) is 5.91 Å². The highest BCUT2D eigenvalue weighted by Crippen LogP contribution is 2.40. The molecule has 37 heavy (non-hydrogen) atoms. The fraction of sp³-hybridized carbons (Fsp3) is 0.296. The summed E-state index contributed by atoms with van der Waals surface area (Å²) in [7, 11) is 0. The molecule has 10 heteroatoms. The number of anilines is 2. The van der Waals surface area contributed by atoms with Gasteiger partial charge in [0.15, 0.2) is 0 Å². The molecule has 1 aliphatic carbocycles. The Balaban J connectivity index is 1.41. The van der Waals surface area contributed by atoms with Crippen molar-refractivity contribution in [3.05, 3.63) is 74.1 Å². The number of hydrogen-bond donors (Lipinski definition) is 2. The van der Waals surface area contributed by atoms with Crippen molar-refractivity contribution in [1.82, 2.24) is 0 Å². The smallest absolute Gasteiger partial charge is 0.341 e. The topological polar surface area (TPSA) is 84.5 Å². The highest BCUT2D eigenvalue weighted by atomic mass is 35.5. The van der Waals surface area contributed by atoms with E-state index in [2.05, 4.69) is 17.6 Å². The minimum absolute atomic E-state index is 0.141. The maximum absolute atomic E-state index is 12.8. The molecule has 1 aliphatic rings. The molecule has 0 saturated carbocycles. The lowest BCUT2D eigenvalue weighted by Crippen LogP contribution is -2.17. The number of rotatable bonds is 8. The number of hydrogen-bond acceptors (Lipinski definition) is 6. The molecule has 1 aromatic heterocycles. The molecule has 0 fully saturated rings. The Morgan fingerprint density at radius 1 is 1.14 bits per heavy atom. The first-order chi connectivity index (χ1) is 17.7. The summed E-state index contributed by atoms with van der Waals surface area (Å²) >= 11 is 14.9. The van der Waals surface area contributed by atoms with Crippen molar-refractivity contribution in [3.63, 3.8) is 0 Å². The fourth-order valence-electron chi connectivity index (χ4n) is 4.11. The molecular weight excluding hydrogens is 551 g/mol. The van der Waals surface area contributed by atoms with Gasteiger partial charge in [0.2, 0.25) is 5.91 Å².